The highest BCUT2D eigenvalue weighted by atomic mass is 35.5. The second kappa shape index (κ2) is 8.62. The first-order chi connectivity index (χ1) is 14.8. The van der Waals surface area contributed by atoms with Gasteiger partial charge in [0.25, 0.3) is 0 Å². The molecule has 4 rings (SSSR count). The van der Waals surface area contributed by atoms with E-state index in [4.69, 9.17) is 11.6 Å². The van der Waals surface area contributed by atoms with Crippen molar-refractivity contribution in [2.24, 2.45) is 0 Å². The van der Waals surface area contributed by atoms with Gasteiger partial charge in [-0.3, -0.25) is 5.10 Å². The van der Waals surface area contributed by atoms with Crippen molar-refractivity contribution < 1.29 is 8.42 Å². The molecular weight excluding hydrogens is 456 g/mol. The van der Waals surface area contributed by atoms with Gasteiger partial charge in [0.15, 0.2) is 5.82 Å². The largest absolute Gasteiger partial charge is 0.328 e. The highest BCUT2D eigenvalue weighted by molar-refractivity contribution is 7.98. The van der Waals surface area contributed by atoms with Gasteiger partial charge < -0.3 is 4.57 Å². The third-order valence-electron chi connectivity index (χ3n) is 4.81. The lowest BCUT2D eigenvalue weighted by atomic mass is 10.2. The highest BCUT2D eigenvalue weighted by Gasteiger charge is 2.20. The Balaban J connectivity index is 1.58. The Hall–Kier alpha value is -2.40. The molecule has 0 fully saturated rings. The van der Waals surface area contributed by atoms with Crippen molar-refractivity contribution in [2.45, 2.75) is 29.3 Å². The summed E-state index contributed by atoms with van der Waals surface area (Å²) in [5, 5.41) is 8.49. The Morgan fingerprint density at radius 2 is 1.87 bits per heavy atom. The average molecular weight is 477 g/mol. The quantitative estimate of drug-likeness (QED) is 0.404. The van der Waals surface area contributed by atoms with Crippen molar-refractivity contribution in [2.75, 3.05) is 14.1 Å². The number of fused-ring (bicyclic) bond motifs is 1. The summed E-state index contributed by atoms with van der Waals surface area (Å²) in [4.78, 5) is 9.45. The van der Waals surface area contributed by atoms with Gasteiger partial charge in [0, 0.05) is 31.2 Å². The number of aromatic amines is 1. The first-order valence-corrected chi connectivity index (χ1v) is 12.3. The van der Waals surface area contributed by atoms with E-state index in [1.54, 1.807) is 24.3 Å². The molecular formula is C20H21ClN6O2S2. The molecule has 2 heterocycles. The van der Waals surface area contributed by atoms with Crippen LogP contribution in [-0.2, 0) is 22.3 Å². The number of hydrogen-bond acceptors (Lipinski definition) is 6. The zero-order chi connectivity index (χ0) is 22.2. The third-order valence-corrected chi connectivity index (χ3v) is 7.71. The van der Waals surface area contributed by atoms with E-state index in [-0.39, 0.29) is 4.90 Å². The van der Waals surface area contributed by atoms with Gasteiger partial charge in [-0.15, -0.1) is 5.10 Å². The van der Waals surface area contributed by atoms with Crippen LogP contribution in [0.1, 0.15) is 12.7 Å². The summed E-state index contributed by atoms with van der Waals surface area (Å²) in [5.74, 6) is 2.05. The smallest absolute Gasteiger partial charge is 0.242 e. The minimum absolute atomic E-state index is 0.228. The maximum atomic E-state index is 12.4. The number of imidazole rings is 1. The van der Waals surface area contributed by atoms with E-state index in [0.717, 1.165) is 23.4 Å². The number of rotatable bonds is 7. The van der Waals surface area contributed by atoms with E-state index in [1.807, 2.05) is 25.1 Å². The first-order valence-electron chi connectivity index (χ1n) is 9.52. The number of aryl methyl sites for hydroxylation is 1. The molecule has 0 unspecified atom stereocenters. The number of hydrogen-bond donors (Lipinski definition) is 1. The Morgan fingerprint density at radius 3 is 2.55 bits per heavy atom. The molecule has 0 aliphatic carbocycles. The number of halogens is 1. The van der Waals surface area contributed by atoms with Crippen molar-refractivity contribution in [1.29, 1.82) is 0 Å². The lowest BCUT2D eigenvalue weighted by molar-refractivity contribution is 0.521. The van der Waals surface area contributed by atoms with Crippen LogP contribution in [0.15, 0.2) is 52.5 Å². The summed E-state index contributed by atoms with van der Waals surface area (Å²) >= 11 is 7.40. The standard InChI is InChI=1S/C20H21ClN6O2S2/c1-4-27-17-10-9-15(31(28,29)26(2)3)11-16(17)22-18(27)12-30-20-23-19(24-25-20)13-5-7-14(21)8-6-13/h5-11H,4,12H2,1-3H3,(H,23,24,25). The molecule has 0 atom stereocenters. The predicted molar refractivity (Wildman–Crippen MR) is 123 cm³/mol. The molecule has 4 aromatic rings. The summed E-state index contributed by atoms with van der Waals surface area (Å²) in [5.41, 5.74) is 2.45. The number of nitrogens with one attached hydrogen (secondary N) is 1. The number of benzene rings is 2. The number of nitrogens with zero attached hydrogens (tertiary/aromatic N) is 5. The monoisotopic (exact) mass is 476 g/mol. The van der Waals surface area contributed by atoms with Crippen LogP contribution >= 0.6 is 23.4 Å². The molecule has 0 saturated carbocycles. The van der Waals surface area contributed by atoms with Crippen molar-refractivity contribution >= 4 is 44.4 Å². The first kappa shape index (κ1) is 21.8. The second-order valence-electron chi connectivity index (χ2n) is 6.97. The summed E-state index contributed by atoms with van der Waals surface area (Å²) in [7, 11) is -0.483. The molecule has 162 valence electrons. The molecule has 2 aromatic heterocycles. The van der Waals surface area contributed by atoms with Gasteiger partial charge in [-0.25, -0.2) is 22.7 Å². The third kappa shape index (κ3) is 4.33. The second-order valence-corrected chi connectivity index (χ2v) is 10.5. The lowest BCUT2D eigenvalue weighted by Gasteiger charge is -2.11. The van der Waals surface area contributed by atoms with E-state index in [1.165, 1.54) is 30.2 Å². The van der Waals surface area contributed by atoms with Crippen LogP contribution in [0.4, 0.5) is 0 Å². The zero-order valence-electron chi connectivity index (χ0n) is 17.2. The van der Waals surface area contributed by atoms with E-state index in [9.17, 15) is 8.42 Å². The maximum absolute atomic E-state index is 12.4. The van der Waals surface area contributed by atoms with Crippen molar-refractivity contribution in [3.8, 4) is 11.4 Å². The molecule has 1 N–H and O–H groups in total. The van der Waals surface area contributed by atoms with Crippen LogP contribution in [0.5, 0.6) is 0 Å². The van der Waals surface area contributed by atoms with Gasteiger partial charge in [-0.1, -0.05) is 23.4 Å². The number of sulfonamides is 1. The van der Waals surface area contributed by atoms with E-state index in [2.05, 4.69) is 24.7 Å². The maximum Gasteiger partial charge on any atom is 0.242 e. The van der Waals surface area contributed by atoms with E-state index in [0.29, 0.717) is 27.3 Å². The Kier molecular flexibility index (Phi) is 6.07. The molecule has 11 heteroatoms. The molecule has 0 amide bonds. The minimum atomic E-state index is -3.51. The molecule has 8 nitrogen and oxygen atoms in total. The van der Waals surface area contributed by atoms with Crippen LogP contribution in [0.3, 0.4) is 0 Å². The Bertz CT molecular complexity index is 1330. The van der Waals surface area contributed by atoms with Gasteiger partial charge in [0.1, 0.15) is 5.82 Å². The number of thioether (sulfide) groups is 1. The summed E-state index contributed by atoms with van der Waals surface area (Å²) in [6, 6.07) is 12.4. The summed E-state index contributed by atoms with van der Waals surface area (Å²) < 4.78 is 28.2. The molecule has 0 saturated heterocycles. The predicted octanol–water partition coefficient (Wildman–Crippen LogP) is 4.04. The fraction of sp³-hybridized carbons (Fsp3) is 0.250. The molecule has 0 spiro atoms. The fourth-order valence-electron chi connectivity index (χ4n) is 3.17. The average Bonchev–Trinajstić information content (AvgIpc) is 3.36. The SMILES string of the molecule is CCn1c(CSc2n[nH]c(-c3ccc(Cl)cc3)n2)nc2cc(S(=O)(=O)N(C)C)ccc21. The summed E-state index contributed by atoms with van der Waals surface area (Å²) in [6.07, 6.45) is 0. The molecule has 0 aliphatic heterocycles. The Labute approximate surface area is 189 Å². The molecule has 2 aromatic carbocycles. The normalized spacial score (nSPS) is 12.2. The lowest BCUT2D eigenvalue weighted by Crippen LogP contribution is -2.22. The Morgan fingerprint density at radius 1 is 1.13 bits per heavy atom. The van der Waals surface area contributed by atoms with Crippen LogP contribution in [0, 0.1) is 0 Å². The van der Waals surface area contributed by atoms with Gasteiger partial charge in [-0.05, 0) is 49.4 Å². The van der Waals surface area contributed by atoms with E-state index < -0.39 is 10.0 Å². The fourth-order valence-corrected chi connectivity index (χ4v) is 4.96. The van der Waals surface area contributed by atoms with Crippen molar-refractivity contribution in [3.63, 3.8) is 0 Å². The van der Waals surface area contributed by atoms with Gasteiger partial charge >= 0.3 is 0 Å². The van der Waals surface area contributed by atoms with E-state index >= 15 is 0 Å². The number of H-pyrrole nitrogens is 1. The van der Waals surface area contributed by atoms with Crippen LogP contribution in [0.25, 0.3) is 22.4 Å². The van der Waals surface area contributed by atoms with Crippen LogP contribution in [0.2, 0.25) is 5.02 Å². The zero-order valence-corrected chi connectivity index (χ0v) is 19.6. The van der Waals surface area contributed by atoms with Gasteiger partial charge in [0.05, 0.1) is 21.7 Å². The highest BCUT2D eigenvalue weighted by Crippen LogP contribution is 2.27. The van der Waals surface area contributed by atoms with Crippen LogP contribution in [-0.4, -0.2) is 51.6 Å². The van der Waals surface area contributed by atoms with Gasteiger partial charge in [-0.2, -0.15) is 0 Å². The van der Waals surface area contributed by atoms with Crippen molar-refractivity contribution in [1.82, 2.24) is 29.0 Å². The van der Waals surface area contributed by atoms with Crippen LogP contribution < -0.4 is 0 Å². The minimum Gasteiger partial charge on any atom is -0.328 e. The molecule has 0 radical (unpaired) electrons. The molecule has 0 aliphatic rings. The van der Waals surface area contributed by atoms with Gasteiger partial charge in [0.2, 0.25) is 15.2 Å². The summed E-state index contributed by atoms with van der Waals surface area (Å²) in [6.45, 7) is 2.75. The molecule has 31 heavy (non-hydrogen) atoms. The number of aromatic nitrogens is 5. The molecule has 0 bridgehead atoms. The topological polar surface area (TPSA) is 96.8 Å². The van der Waals surface area contributed by atoms with Crippen molar-refractivity contribution in [3.05, 3.63) is 53.3 Å².